The minimum atomic E-state index is -0.963. The van der Waals surface area contributed by atoms with Crippen molar-refractivity contribution in [2.24, 2.45) is 5.73 Å². The van der Waals surface area contributed by atoms with E-state index in [-0.39, 0.29) is 51.4 Å². The normalized spacial score (nSPS) is 11.7. The molecule has 0 radical (unpaired) electrons. The number of rotatable bonds is 1. The first-order valence-electron chi connectivity index (χ1n) is 1.63. The van der Waals surface area contributed by atoms with Gasteiger partial charge in [-0.05, 0) is 6.92 Å². The number of carbonyl (C=O) groups is 1. The van der Waals surface area contributed by atoms with Gasteiger partial charge >= 0.3 is 57.4 Å². The maximum absolute atomic E-state index is 9.57. The van der Waals surface area contributed by atoms with Crippen LogP contribution in [0.1, 0.15) is 6.92 Å². The third kappa shape index (κ3) is 7.07. The minimum absolute atomic E-state index is 0. The SMILES string of the molecule is CC(N)C(=O)O.[KH]. The fourth-order valence-corrected chi connectivity index (χ4v) is 0. The summed E-state index contributed by atoms with van der Waals surface area (Å²) in [6, 6.07) is -0.731. The molecule has 0 amide bonds. The van der Waals surface area contributed by atoms with Crippen LogP contribution in [0.3, 0.4) is 0 Å². The molecule has 0 aliphatic carbocycles. The summed E-state index contributed by atoms with van der Waals surface area (Å²) >= 11 is 0. The topological polar surface area (TPSA) is 63.3 Å². The molecule has 4 heteroatoms. The van der Waals surface area contributed by atoms with Crippen molar-refractivity contribution in [3.05, 3.63) is 0 Å². The zero-order valence-electron chi connectivity index (χ0n) is 3.51. The van der Waals surface area contributed by atoms with Crippen molar-refractivity contribution >= 4 is 57.4 Å². The molecule has 1 unspecified atom stereocenters. The van der Waals surface area contributed by atoms with Gasteiger partial charge in [0.15, 0.2) is 0 Å². The summed E-state index contributed by atoms with van der Waals surface area (Å²) in [6.45, 7) is 1.42. The van der Waals surface area contributed by atoms with E-state index in [0.29, 0.717) is 0 Å². The van der Waals surface area contributed by atoms with Gasteiger partial charge in [0.1, 0.15) is 6.04 Å². The Kier molecular flexibility index (Phi) is 8.14. The van der Waals surface area contributed by atoms with Crippen LogP contribution in [0.5, 0.6) is 0 Å². The number of hydrogen-bond acceptors (Lipinski definition) is 2. The standard InChI is InChI=1S/C3H7NO2.K.H/c1-2(4)3(5)6;;/h2H,4H2,1H3,(H,5,6);;. The maximum atomic E-state index is 9.57. The third-order valence-corrected chi connectivity index (χ3v) is 0.390. The van der Waals surface area contributed by atoms with Crippen LogP contribution in [0, 0.1) is 0 Å². The fraction of sp³-hybridized carbons (Fsp3) is 0.667. The number of aliphatic carboxylic acids is 1. The molecular weight excluding hydrogens is 121 g/mol. The predicted octanol–water partition coefficient (Wildman–Crippen LogP) is -1.23. The molecule has 38 valence electrons. The Morgan fingerprint density at radius 2 is 2.00 bits per heavy atom. The summed E-state index contributed by atoms with van der Waals surface area (Å²) in [4.78, 5) is 9.57. The quantitative estimate of drug-likeness (QED) is 0.436. The van der Waals surface area contributed by atoms with Crippen LogP contribution in [0.2, 0.25) is 0 Å². The van der Waals surface area contributed by atoms with Gasteiger partial charge in [0.2, 0.25) is 0 Å². The zero-order chi connectivity index (χ0) is 5.15. The second-order valence-corrected chi connectivity index (χ2v) is 1.13. The van der Waals surface area contributed by atoms with Gasteiger partial charge in [-0.3, -0.25) is 4.79 Å². The van der Waals surface area contributed by atoms with Crippen molar-refractivity contribution < 1.29 is 9.90 Å². The molecule has 0 saturated carbocycles. The molecule has 0 heterocycles. The van der Waals surface area contributed by atoms with E-state index in [2.05, 4.69) is 0 Å². The average Bonchev–Trinajstić information content (AvgIpc) is 1.36. The fourth-order valence-electron chi connectivity index (χ4n) is 0. The summed E-state index contributed by atoms with van der Waals surface area (Å²) in [5.74, 6) is -0.963. The van der Waals surface area contributed by atoms with Gasteiger partial charge in [0, 0.05) is 0 Å². The van der Waals surface area contributed by atoms with Gasteiger partial charge in [-0.25, -0.2) is 0 Å². The molecule has 3 N–H and O–H groups in total. The zero-order valence-corrected chi connectivity index (χ0v) is 3.51. The number of carboxylic acid groups (broad SMARTS) is 1. The molecule has 0 aliphatic rings. The van der Waals surface area contributed by atoms with Crippen LogP contribution in [0.4, 0.5) is 0 Å². The molecule has 0 aliphatic heterocycles. The summed E-state index contributed by atoms with van der Waals surface area (Å²) in [6.07, 6.45) is 0. The van der Waals surface area contributed by atoms with Gasteiger partial charge in [-0.1, -0.05) is 0 Å². The number of hydrogen-bond donors (Lipinski definition) is 2. The Hall–Kier alpha value is 1.07. The monoisotopic (exact) mass is 129 g/mol. The summed E-state index contributed by atoms with van der Waals surface area (Å²) < 4.78 is 0. The van der Waals surface area contributed by atoms with E-state index < -0.39 is 12.0 Å². The predicted molar refractivity (Wildman–Crippen MR) is 28.4 cm³/mol. The first kappa shape index (κ1) is 10.9. The van der Waals surface area contributed by atoms with Crippen molar-refractivity contribution in [3.63, 3.8) is 0 Å². The molecule has 0 aromatic rings. The molecule has 3 nitrogen and oxygen atoms in total. The van der Waals surface area contributed by atoms with Crippen LogP contribution >= 0.6 is 0 Å². The van der Waals surface area contributed by atoms with Gasteiger partial charge in [-0.15, -0.1) is 0 Å². The van der Waals surface area contributed by atoms with Crippen molar-refractivity contribution in [2.75, 3.05) is 0 Å². The Balaban J connectivity index is 0. The molecule has 0 saturated heterocycles. The van der Waals surface area contributed by atoms with E-state index in [9.17, 15) is 4.79 Å². The average molecular weight is 129 g/mol. The molecule has 1 atom stereocenters. The Labute approximate surface area is 84.7 Å². The molecule has 7 heavy (non-hydrogen) atoms. The number of nitrogens with two attached hydrogens (primary N) is 1. The molecule has 0 rings (SSSR count). The molecule has 0 aromatic heterocycles. The van der Waals surface area contributed by atoms with E-state index in [1.165, 1.54) is 6.92 Å². The van der Waals surface area contributed by atoms with Gasteiger partial charge in [0.05, 0.1) is 0 Å². The first-order valence-corrected chi connectivity index (χ1v) is 1.63. The van der Waals surface area contributed by atoms with E-state index in [4.69, 9.17) is 10.8 Å². The van der Waals surface area contributed by atoms with Crippen molar-refractivity contribution in [2.45, 2.75) is 13.0 Å². The van der Waals surface area contributed by atoms with E-state index in [1.807, 2.05) is 0 Å². The molecule has 0 aromatic carbocycles. The summed E-state index contributed by atoms with van der Waals surface area (Å²) in [7, 11) is 0. The van der Waals surface area contributed by atoms with E-state index >= 15 is 0 Å². The van der Waals surface area contributed by atoms with Crippen LogP contribution < -0.4 is 5.73 Å². The summed E-state index contributed by atoms with van der Waals surface area (Å²) in [5.41, 5.74) is 4.84. The molecule has 0 bridgehead atoms. The summed E-state index contributed by atoms with van der Waals surface area (Å²) in [5, 5.41) is 7.87. The third-order valence-electron chi connectivity index (χ3n) is 0.390. The van der Waals surface area contributed by atoms with Gasteiger partial charge < -0.3 is 10.8 Å². The van der Waals surface area contributed by atoms with Crippen molar-refractivity contribution in [1.29, 1.82) is 0 Å². The molecule has 0 fully saturated rings. The molecule has 0 spiro atoms. The van der Waals surface area contributed by atoms with Crippen LogP contribution in [-0.4, -0.2) is 68.5 Å². The number of carboxylic acids is 1. The van der Waals surface area contributed by atoms with E-state index in [0.717, 1.165) is 0 Å². The van der Waals surface area contributed by atoms with Crippen molar-refractivity contribution in [3.8, 4) is 0 Å². The van der Waals surface area contributed by atoms with Crippen LogP contribution in [0.15, 0.2) is 0 Å². The van der Waals surface area contributed by atoms with E-state index in [1.54, 1.807) is 0 Å². The Morgan fingerprint density at radius 1 is 1.86 bits per heavy atom. The Morgan fingerprint density at radius 3 is 2.00 bits per heavy atom. The second kappa shape index (κ2) is 5.21. The molecular formula is C3H8KNO2. The van der Waals surface area contributed by atoms with Crippen LogP contribution in [-0.2, 0) is 4.79 Å². The Bertz CT molecular complexity index is 64.0. The van der Waals surface area contributed by atoms with Gasteiger partial charge in [0.25, 0.3) is 0 Å². The van der Waals surface area contributed by atoms with Crippen molar-refractivity contribution in [1.82, 2.24) is 0 Å². The van der Waals surface area contributed by atoms with Crippen LogP contribution in [0.25, 0.3) is 0 Å². The second-order valence-electron chi connectivity index (χ2n) is 1.13. The van der Waals surface area contributed by atoms with Gasteiger partial charge in [-0.2, -0.15) is 0 Å². The first-order chi connectivity index (χ1) is 2.64.